The first-order valence-corrected chi connectivity index (χ1v) is 8.02. The molecule has 0 saturated heterocycles. The number of hydrogen-bond acceptors (Lipinski definition) is 5. The number of aliphatic hydroxyl groups is 1. The Labute approximate surface area is 116 Å². The fourth-order valence-electron chi connectivity index (χ4n) is 1.57. The van der Waals surface area contributed by atoms with Gasteiger partial charge in [0.25, 0.3) is 10.0 Å². The highest BCUT2D eigenvalue weighted by Gasteiger charge is 2.28. The molecule has 0 bridgehead atoms. The maximum Gasteiger partial charge on any atom is 0.345 e. The summed E-state index contributed by atoms with van der Waals surface area (Å²) in [5.74, 6) is -1.14. The first kappa shape index (κ1) is 16.1. The van der Waals surface area contributed by atoms with Crippen molar-refractivity contribution >= 4 is 27.3 Å². The second-order valence-corrected chi connectivity index (χ2v) is 7.41. The Morgan fingerprint density at radius 1 is 1.42 bits per heavy atom. The predicted molar refractivity (Wildman–Crippen MR) is 72.0 cm³/mol. The Hall–Kier alpha value is -0.960. The molecule has 1 rings (SSSR count). The largest absolute Gasteiger partial charge is 0.477 e. The first-order chi connectivity index (χ1) is 8.80. The average Bonchev–Trinajstić information content (AvgIpc) is 2.78. The van der Waals surface area contributed by atoms with Gasteiger partial charge in [-0.2, -0.15) is 4.31 Å². The minimum Gasteiger partial charge on any atom is -0.477 e. The van der Waals surface area contributed by atoms with Crippen molar-refractivity contribution in [3.8, 4) is 0 Å². The lowest BCUT2D eigenvalue weighted by Crippen LogP contribution is -2.37. The molecule has 0 aromatic carbocycles. The minimum absolute atomic E-state index is 0.00978. The van der Waals surface area contributed by atoms with Crippen molar-refractivity contribution in [1.82, 2.24) is 4.31 Å². The highest BCUT2D eigenvalue weighted by molar-refractivity contribution is 7.91. The zero-order valence-electron chi connectivity index (χ0n) is 10.7. The standard InChI is InChI=1S/C11H17NO5S2/c1-8(2)12(6-3-7-13)19(16,17)10-5-4-9(18-10)11(14)15/h4-5,8,13H,3,6-7H2,1-2H3,(H,14,15). The minimum atomic E-state index is -3.71. The lowest BCUT2D eigenvalue weighted by atomic mass is 10.3. The summed E-state index contributed by atoms with van der Waals surface area (Å²) in [5.41, 5.74) is 0. The summed E-state index contributed by atoms with van der Waals surface area (Å²) in [5, 5.41) is 17.6. The number of carbonyl (C=O) groups is 1. The molecule has 0 fully saturated rings. The van der Waals surface area contributed by atoms with Crippen LogP contribution in [0.1, 0.15) is 29.9 Å². The van der Waals surface area contributed by atoms with Crippen molar-refractivity contribution in [3.05, 3.63) is 17.0 Å². The van der Waals surface area contributed by atoms with Crippen molar-refractivity contribution in [2.24, 2.45) is 0 Å². The van der Waals surface area contributed by atoms with Crippen LogP contribution in [0, 0.1) is 0 Å². The predicted octanol–water partition coefficient (Wildman–Crippen LogP) is 1.23. The molecule has 1 heterocycles. The summed E-state index contributed by atoms with van der Waals surface area (Å²) < 4.78 is 26.0. The smallest absolute Gasteiger partial charge is 0.345 e. The van der Waals surface area contributed by atoms with E-state index in [-0.39, 0.29) is 28.3 Å². The van der Waals surface area contributed by atoms with E-state index < -0.39 is 16.0 Å². The van der Waals surface area contributed by atoms with Crippen LogP contribution in [0.15, 0.2) is 16.3 Å². The Morgan fingerprint density at radius 3 is 2.47 bits per heavy atom. The van der Waals surface area contributed by atoms with Gasteiger partial charge in [-0.3, -0.25) is 0 Å². The second-order valence-electron chi connectivity index (χ2n) is 4.21. The highest BCUT2D eigenvalue weighted by atomic mass is 32.2. The molecule has 19 heavy (non-hydrogen) atoms. The van der Waals surface area contributed by atoms with Gasteiger partial charge in [0, 0.05) is 19.2 Å². The maximum atomic E-state index is 12.4. The number of aliphatic hydroxyl groups excluding tert-OH is 1. The molecule has 0 unspecified atom stereocenters. The SMILES string of the molecule is CC(C)N(CCCO)S(=O)(=O)c1ccc(C(=O)O)s1. The van der Waals surface area contributed by atoms with Gasteiger partial charge >= 0.3 is 5.97 Å². The van der Waals surface area contributed by atoms with E-state index in [0.717, 1.165) is 11.3 Å². The van der Waals surface area contributed by atoms with Gasteiger partial charge in [0.05, 0.1) is 0 Å². The quantitative estimate of drug-likeness (QED) is 0.790. The fourth-order valence-corrected chi connectivity index (χ4v) is 4.52. The van der Waals surface area contributed by atoms with Crippen LogP contribution in [0.3, 0.4) is 0 Å². The molecular formula is C11H17NO5S2. The number of nitrogens with zero attached hydrogens (tertiary/aromatic N) is 1. The summed E-state index contributed by atoms with van der Waals surface area (Å²) >= 11 is 0.735. The zero-order valence-corrected chi connectivity index (χ0v) is 12.4. The lowest BCUT2D eigenvalue weighted by Gasteiger charge is -2.24. The van der Waals surface area contributed by atoms with Crippen LogP contribution in [0.25, 0.3) is 0 Å². The van der Waals surface area contributed by atoms with Gasteiger partial charge in [-0.05, 0) is 32.4 Å². The number of aromatic carboxylic acids is 1. The molecule has 0 radical (unpaired) electrons. The van der Waals surface area contributed by atoms with Crippen LogP contribution in [0.2, 0.25) is 0 Å². The molecule has 0 amide bonds. The van der Waals surface area contributed by atoms with Gasteiger partial charge in [0.1, 0.15) is 9.09 Å². The van der Waals surface area contributed by atoms with E-state index in [1.54, 1.807) is 13.8 Å². The van der Waals surface area contributed by atoms with Gasteiger partial charge < -0.3 is 10.2 Å². The number of hydrogen-bond donors (Lipinski definition) is 2. The van der Waals surface area contributed by atoms with Gasteiger partial charge in [-0.15, -0.1) is 11.3 Å². The van der Waals surface area contributed by atoms with Crippen molar-refractivity contribution in [3.63, 3.8) is 0 Å². The maximum absolute atomic E-state index is 12.4. The molecule has 2 N–H and O–H groups in total. The van der Waals surface area contributed by atoms with Gasteiger partial charge in [-0.25, -0.2) is 13.2 Å². The third-order valence-electron chi connectivity index (χ3n) is 2.47. The van der Waals surface area contributed by atoms with Gasteiger partial charge in [-0.1, -0.05) is 0 Å². The van der Waals surface area contributed by atoms with Crippen molar-refractivity contribution in [2.75, 3.05) is 13.2 Å². The molecule has 6 nitrogen and oxygen atoms in total. The van der Waals surface area contributed by atoms with Crippen molar-refractivity contribution in [2.45, 2.75) is 30.5 Å². The first-order valence-electron chi connectivity index (χ1n) is 5.76. The summed E-state index contributed by atoms with van der Waals surface area (Å²) in [7, 11) is -3.71. The molecule has 108 valence electrons. The lowest BCUT2D eigenvalue weighted by molar-refractivity contribution is 0.0702. The second kappa shape index (κ2) is 6.47. The average molecular weight is 307 g/mol. The summed E-state index contributed by atoms with van der Waals surface area (Å²) in [4.78, 5) is 10.8. The summed E-state index contributed by atoms with van der Waals surface area (Å²) in [6.07, 6.45) is 0.342. The molecule has 1 aromatic rings. The Balaban J connectivity index is 3.07. The van der Waals surface area contributed by atoms with E-state index in [0.29, 0.717) is 6.42 Å². The van der Waals surface area contributed by atoms with Gasteiger partial charge in [0.2, 0.25) is 0 Å². The van der Waals surface area contributed by atoms with E-state index in [4.69, 9.17) is 10.2 Å². The number of rotatable bonds is 7. The van der Waals surface area contributed by atoms with Crippen LogP contribution >= 0.6 is 11.3 Å². The van der Waals surface area contributed by atoms with E-state index >= 15 is 0 Å². The molecule has 0 spiro atoms. The topological polar surface area (TPSA) is 94.9 Å². The number of carboxylic acid groups (broad SMARTS) is 1. The number of thiophene rings is 1. The number of carboxylic acids is 1. The Bertz CT molecular complexity index is 535. The Kier molecular flexibility index (Phi) is 5.48. The third kappa shape index (κ3) is 3.75. The van der Waals surface area contributed by atoms with Crippen LogP contribution < -0.4 is 0 Å². The molecule has 8 heteroatoms. The molecule has 0 aliphatic carbocycles. The molecular weight excluding hydrogens is 290 g/mol. The van der Waals surface area contributed by atoms with E-state index in [1.165, 1.54) is 16.4 Å². The van der Waals surface area contributed by atoms with Crippen molar-refractivity contribution in [1.29, 1.82) is 0 Å². The normalized spacial score (nSPS) is 12.3. The third-order valence-corrected chi connectivity index (χ3v) is 6.08. The number of sulfonamides is 1. The molecule has 0 atom stereocenters. The van der Waals surface area contributed by atoms with Crippen LogP contribution in [0.4, 0.5) is 0 Å². The molecule has 1 aromatic heterocycles. The molecule has 0 aliphatic rings. The van der Waals surface area contributed by atoms with E-state index in [9.17, 15) is 13.2 Å². The Morgan fingerprint density at radius 2 is 2.05 bits per heavy atom. The van der Waals surface area contributed by atoms with Gasteiger partial charge in [0.15, 0.2) is 0 Å². The summed E-state index contributed by atoms with van der Waals surface area (Å²) in [6, 6.07) is 2.33. The molecule has 0 saturated carbocycles. The molecule has 0 aliphatic heterocycles. The van der Waals surface area contributed by atoms with Crippen LogP contribution in [-0.2, 0) is 10.0 Å². The fraction of sp³-hybridized carbons (Fsp3) is 0.545. The van der Waals surface area contributed by atoms with E-state index in [1.807, 2.05) is 0 Å². The van der Waals surface area contributed by atoms with Crippen LogP contribution in [-0.4, -0.2) is 48.1 Å². The van der Waals surface area contributed by atoms with Crippen LogP contribution in [0.5, 0.6) is 0 Å². The van der Waals surface area contributed by atoms with E-state index in [2.05, 4.69) is 0 Å². The zero-order chi connectivity index (χ0) is 14.6. The highest BCUT2D eigenvalue weighted by Crippen LogP contribution is 2.26. The summed E-state index contributed by atoms with van der Waals surface area (Å²) in [6.45, 7) is 3.58. The van der Waals surface area contributed by atoms with Crippen molar-refractivity contribution < 1.29 is 23.4 Å². The monoisotopic (exact) mass is 307 g/mol.